The first-order valence-corrected chi connectivity index (χ1v) is 5.04. The van der Waals surface area contributed by atoms with Crippen LogP contribution in [0.5, 0.6) is 0 Å². The predicted molar refractivity (Wildman–Crippen MR) is 52.9 cm³/mol. The summed E-state index contributed by atoms with van der Waals surface area (Å²) in [4.78, 5) is 23.0. The molecule has 5 heteroatoms. The molecule has 0 aliphatic heterocycles. The summed E-state index contributed by atoms with van der Waals surface area (Å²) in [6, 6.07) is 0. The minimum atomic E-state index is -0.822. The van der Waals surface area contributed by atoms with Crippen molar-refractivity contribution in [3.8, 4) is 0 Å². The topological polar surface area (TPSA) is 57.6 Å². The van der Waals surface area contributed by atoms with Crippen LogP contribution >= 0.6 is 11.8 Å². The molecule has 76 valence electrons. The predicted octanol–water partition coefficient (Wildman–Crippen LogP) is 0.671. The largest absolute Gasteiger partial charge is 0.481 e. The molecule has 0 spiro atoms. The number of nitrogens with zero attached hydrogens (tertiary/aromatic N) is 1. The molecular formula is C8H15NO3S. The summed E-state index contributed by atoms with van der Waals surface area (Å²) < 4.78 is 0. The summed E-state index contributed by atoms with van der Waals surface area (Å²) in [5, 5.41) is 8.21. The number of carboxylic acid groups (broad SMARTS) is 1. The van der Waals surface area contributed by atoms with E-state index >= 15 is 0 Å². The van der Waals surface area contributed by atoms with E-state index in [1.165, 1.54) is 16.7 Å². The molecule has 1 amide bonds. The summed E-state index contributed by atoms with van der Waals surface area (Å²) in [6.45, 7) is 1.79. The molecule has 0 aliphatic rings. The highest BCUT2D eigenvalue weighted by Gasteiger charge is 2.14. The Kier molecular flexibility index (Phi) is 5.53. The summed E-state index contributed by atoms with van der Waals surface area (Å²) in [5.41, 5.74) is 0. The third-order valence-corrected chi connectivity index (χ3v) is 2.61. The quantitative estimate of drug-likeness (QED) is 0.716. The van der Waals surface area contributed by atoms with Crippen molar-refractivity contribution in [2.24, 2.45) is 0 Å². The number of carbonyl (C=O) groups is 2. The minimum Gasteiger partial charge on any atom is -0.481 e. The van der Waals surface area contributed by atoms with Gasteiger partial charge in [-0.15, -0.1) is 11.8 Å². The van der Waals surface area contributed by atoms with Gasteiger partial charge in [0.05, 0.1) is 11.7 Å². The molecule has 0 aromatic heterocycles. The Morgan fingerprint density at radius 2 is 2.00 bits per heavy atom. The minimum absolute atomic E-state index is 0.0235. The molecule has 4 nitrogen and oxygen atoms in total. The first kappa shape index (κ1) is 12.3. The molecule has 0 aromatic carbocycles. The standard InChI is InChI=1S/C8H15NO3S/c1-6(8(12)9(2)3)13-5-4-7(10)11/h6H,4-5H2,1-3H3,(H,10,11). The fourth-order valence-electron chi connectivity index (χ4n) is 0.758. The van der Waals surface area contributed by atoms with Crippen molar-refractivity contribution in [2.75, 3.05) is 19.8 Å². The van der Waals surface area contributed by atoms with Crippen molar-refractivity contribution in [3.63, 3.8) is 0 Å². The monoisotopic (exact) mass is 205 g/mol. The van der Waals surface area contributed by atoms with Gasteiger partial charge in [-0.3, -0.25) is 9.59 Å². The van der Waals surface area contributed by atoms with Gasteiger partial charge in [0, 0.05) is 19.8 Å². The zero-order chi connectivity index (χ0) is 10.4. The summed E-state index contributed by atoms with van der Waals surface area (Å²) in [5.74, 6) is -0.316. The third-order valence-electron chi connectivity index (χ3n) is 1.47. The molecule has 0 aromatic rings. The molecule has 0 aliphatic carbocycles. The van der Waals surface area contributed by atoms with Crippen LogP contribution in [0.3, 0.4) is 0 Å². The molecule has 13 heavy (non-hydrogen) atoms. The normalized spacial score (nSPS) is 12.2. The van der Waals surface area contributed by atoms with Crippen molar-refractivity contribution in [2.45, 2.75) is 18.6 Å². The van der Waals surface area contributed by atoms with Gasteiger partial charge in [-0.25, -0.2) is 0 Å². The summed E-state index contributed by atoms with van der Waals surface area (Å²) >= 11 is 1.37. The lowest BCUT2D eigenvalue weighted by atomic mass is 10.4. The van der Waals surface area contributed by atoms with Gasteiger partial charge in [-0.1, -0.05) is 0 Å². The van der Waals surface area contributed by atoms with Crippen molar-refractivity contribution in [1.82, 2.24) is 4.90 Å². The smallest absolute Gasteiger partial charge is 0.304 e. The summed E-state index contributed by atoms with van der Waals surface area (Å²) in [7, 11) is 3.38. The van der Waals surface area contributed by atoms with Crippen molar-refractivity contribution < 1.29 is 14.7 Å². The molecule has 0 rings (SSSR count). The van der Waals surface area contributed by atoms with E-state index in [4.69, 9.17) is 5.11 Å². The molecule has 0 saturated carbocycles. The summed E-state index contributed by atoms with van der Waals surface area (Å²) in [6.07, 6.45) is 0.107. The number of hydrogen-bond acceptors (Lipinski definition) is 3. The number of carboxylic acids is 1. The van der Waals surface area contributed by atoms with E-state index in [9.17, 15) is 9.59 Å². The third kappa shape index (κ3) is 5.52. The fourth-order valence-corrected chi connectivity index (χ4v) is 1.76. The Balaban J connectivity index is 3.68. The molecule has 0 fully saturated rings. The van der Waals surface area contributed by atoms with Gasteiger partial charge >= 0.3 is 5.97 Å². The average molecular weight is 205 g/mol. The Labute approximate surface area is 82.3 Å². The van der Waals surface area contributed by atoms with Crippen LogP contribution in [-0.2, 0) is 9.59 Å². The number of thioether (sulfide) groups is 1. The highest BCUT2D eigenvalue weighted by molar-refractivity contribution is 8.00. The van der Waals surface area contributed by atoms with Crippen LogP contribution < -0.4 is 0 Å². The molecule has 0 bridgehead atoms. The maximum absolute atomic E-state index is 11.3. The molecule has 0 radical (unpaired) electrons. The Bertz CT molecular complexity index is 194. The van der Waals surface area contributed by atoms with E-state index in [-0.39, 0.29) is 17.6 Å². The van der Waals surface area contributed by atoms with E-state index in [0.717, 1.165) is 0 Å². The van der Waals surface area contributed by atoms with Crippen LogP contribution in [-0.4, -0.2) is 47.0 Å². The van der Waals surface area contributed by atoms with Crippen LogP contribution in [0.2, 0.25) is 0 Å². The van der Waals surface area contributed by atoms with Gasteiger partial charge in [0.2, 0.25) is 5.91 Å². The van der Waals surface area contributed by atoms with Crippen LogP contribution in [0.25, 0.3) is 0 Å². The maximum Gasteiger partial charge on any atom is 0.304 e. The van der Waals surface area contributed by atoms with Gasteiger partial charge in [0.25, 0.3) is 0 Å². The molecule has 1 atom stereocenters. The lowest BCUT2D eigenvalue weighted by molar-refractivity contribution is -0.136. The van der Waals surface area contributed by atoms with E-state index < -0.39 is 5.97 Å². The zero-order valence-electron chi connectivity index (χ0n) is 8.11. The van der Waals surface area contributed by atoms with E-state index in [2.05, 4.69) is 0 Å². The van der Waals surface area contributed by atoms with Crippen LogP contribution in [0.1, 0.15) is 13.3 Å². The molecule has 0 heterocycles. The maximum atomic E-state index is 11.3. The molecule has 0 saturated heterocycles. The van der Waals surface area contributed by atoms with Gasteiger partial charge in [-0.2, -0.15) is 0 Å². The lowest BCUT2D eigenvalue weighted by Gasteiger charge is -2.15. The first-order valence-electron chi connectivity index (χ1n) is 3.99. The molecular weight excluding hydrogens is 190 g/mol. The van der Waals surface area contributed by atoms with Crippen molar-refractivity contribution in [3.05, 3.63) is 0 Å². The molecule has 1 N–H and O–H groups in total. The van der Waals surface area contributed by atoms with E-state index in [1.807, 2.05) is 0 Å². The first-order chi connectivity index (χ1) is 5.95. The van der Waals surface area contributed by atoms with Gasteiger partial charge in [-0.05, 0) is 6.92 Å². The Hall–Kier alpha value is -0.710. The number of aliphatic carboxylic acids is 1. The van der Waals surface area contributed by atoms with Crippen molar-refractivity contribution >= 4 is 23.6 Å². The Morgan fingerprint density at radius 3 is 2.38 bits per heavy atom. The second-order valence-corrected chi connectivity index (χ2v) is 4.34. The zero-order valence-corrected chi connectivity index (χ0v) is 8.93. The highest BCUT2D eigenvalue weighted by Crippen LogP contribution is 2.13. The van der Waals surface area contributed by atoms with Crippen molar-refractivity contribution in [1.29, 1.82) is 0 Å². The van der Waals surface area contributed by atoms with E-state index in [1.54, 1.807) is 21.0 Å². The number of carbonyl (C=O) groups excluding carboxylic acids is 1. The van der Waals surface area contributed by atoms with Crippen LogP contribution in [0, 0.1) is 0 Å². The lowest BCUT2D eigenvalue weighted by Crippen LogP contribution is -2.29. The number of amides is 1. The van der Waals surface area contributed by atoms with Gasteiger partial charge in [0.15, 0.2) is 0 Å². The fraction of sp³-hybridized carbons (Fsp3) is 0.750. The Morgan fingerprint density at radius 1 is 1.46 bits per heavy atom. The van der Waals surface area contributed by atoms with Gasteiger partial charge < -0.3 is 10.0 Å². The average Bonchev–Trinajstić information content (AvgIpc) is 2.02. The number of hydrogen-bond donors (Lipinski definition) is 1. The van der Waals surface area contributed by atoms with Crippen LogP contribution in [0.15, 0.2) is 0 Å². The van der Waals surface area contributed by atoms with Gasteiger partial charge in [0.1, 0.15) is 0 Å². The highest BCUT2D eigenvalue weighted by atomic mass is 32.2. The number of rotatable bonds is 5. The second-order valence-electron chi connectivity index (χ2n) is 2.89. The van der Waals surface area contributed by atoms with Crippen LogP contribution in [0.4, 0.5) is 0 Å². The second kappa shape index (κ2) is 5.85. The van der Waals surface area contributed by atoms with E-state index in [0.29, 0.717) is 5.75 Å². The SMILES string of the molecule is CC(SCCC(=O)O)C(=O)N(C)C. The molecule has 1 unspecified atom stereocenters.